The average Bonchev–Trinajstić information content (AvgIpc) is 3.74. The number of alkyl halides is 4. The molecule has 4 aromatic heterocycles. The lowest BCUT2D eigenvalue weighted by Crippen LogP contribution is -2.25. The first-order valence-electron chi connectivity index (χ1n) is 15.3. The zero-order chi connectivity index (χ0) is 35.9. The molecule has 4 heterocycles. The number of hydrogen-bond donors (Lipinski definition) is 0. The molecular weight excluding hydrogens is 656 g/mol. The molecule has 0 aliphatic rings. The summed E-state index contributed by atoms with van der Waals surface area (Å²) in [5.41, 5.74) is 4.01. The van der Waals surface area contributed by atoms with Crippen LogP contribution in [-0.4, -0.2) is 55.8 Å². The van der Waals surface area contributed by atoms with E-state index in [0.29, 0.717) is 45.4 Å². The van der Waals surface area contributed by atoms with Crippen LogP contribution in [0, 0.1) is 13.8 Å². The Kier molecular flexibility index (Phi) is 11.0. The van der Waals surface area contributed by atoms with Crippen LogP contribution in [-0.2, 0) is 13.1 Å². The summed E-state index contributed by atoms with van der Waals surface area (Å²) in [5, 5.41) is 8.49. The Balaban J connectivity index is 0.000000194. The first kappa shape index (κ1) is 35.4. The minimum Gasteiger partial charge on any atom is -0.497 e. The Morgan fingerprint density at radius 3 is 1.22 bits per heavy atom. The van der Waals surface area contributed by atoms with Crippen molar-refractivity contribution in [1.82, 2.24) is 28.7 Å². The van der Waals surface area contributed by atoms with E-state index in [1.165, 1.54) is 12.1 Å². The van der Waals surface area contributed by atoms with Gasteiger partial charge in [-0.1, -0.05) is 0 Å². The number of ether oxygens (including phenoxy) is 2. The van der Waals surface area contributed by atoms with Gasteiger partial charge in [0.2, 0.25) is 0 Å². The molecule has 0 fully saturated rings. The van der Waals surface area contributed by atoms with E-state index in [1.807, 2.05) is 13.8 Å². The van der Waals surface area contributed by atoms with Gasteiger partial charge in [0.1, 0.15) is 11.5 Å². The molecule has 0 spiro atoms. The van der Waals surface area contributed by atoms with Crippen molar-refractivity contribution in [2.45, 2.75) is 39.8 Å². The maximum atomic E-state index is 13.1. The van der Waals surface area contributed by atoms with Crippen LogP contribution >= 0.6 is 0 Å². The Hall–Kier alpha value is -5.92. The smallest absolute Gasteiger partial charge is 0.256 e. The Morgan fingerprint density at radius 1 is 0.580 bits per heavy atom. The number of hydrogen-bond acceptors (Lipinski definition) is 6. The maximum Gasteiger partial charge on any atom is 0.256 e. The van der Waals surface area contributed by atoms with E-state index in [-0.39, 0.29) is 0 Å². The minimum atomic E-state index is -2.65. The van der Waals surface area contributed by atoms with Crippen molar-refractivity contribution in [2.75, 3.05) is 14.2 Å². The molecule has 0 saturated carbocycles. The van der Waals surface area contributed by atoms with Crippen molar-refractivity contribution in [3.63, 3.8) is 0 Å². The van der Waals surface area contributed by atoms with E-state index in [4.69, 9.17) is 9.47 Å². The third-order valence-electron chi connectivity index (χ3n) is 7.61. The zero-order valence-electron chi connectivity index (χ0n) is 27.6. The molecule has 0 N–H and O–H groups in total. The third-order valence-corrected chi connectivity index (χ3v) is 7.61. The van der Waals surface area contributed by atoms with Crippen LogP contribution in [0.5, 0.6) is 11.5 Å². The number of nitrogens with zero attached hydrogens (tertiary/aromatic N) is 6. The summed E-state index contributed by atoms with van der Waals surface area (Å²) in [6, 6.07) is 19.6. The summed E-state index contributed by atoms with van der Waals surface area (Å²) >= 11 is 0. The van der Waals surface area contributed by atoms with E-state index in [0.717, 1.165) is 20.3 Å². The quantitative estimate of drug-likeness (QED) is 0.151. The molecule has 50 heavy (non-hydrogen) atoms. The fourth-order valence-electron chi connectivity index (χ4n) is 5.34. The van der Waals surface area contributed by atoms with Crippen molar-refractivity contribution >= 4 is 0 Å². The summed E-state index contributed by atoms with van der Waals surface area (Å²) in [6.45, 7) is 2.39. The molecule has 0 bridgehead atoms. The minimum absolute atomic E-state index is 0.388. The fraction of sp³-hybridized carbons (Fsp3) is 0.222. The average molecular weight is 691 g/mol. The normalized spacial score (nSPS) is 11.1. The predicted octanol–water partition coefficient (Wildman–Crippen LogP) is 6.57. The Bertz CT molecular complexity index is 2020. The monoisotopic (exact) mass is 690 g/mol. The van der Waals surface area contributed by atoms with E-state index in [2.05, 4.69) is 10.2 Å². The van der Waals surface area contributed by atoms with E-state index < -0.39 is 37.1 Å². The lowest BCUT2D eigenvalue weighted by atomic mass is 10.1. The largest absolute Gasteiger partial charge is 0.497 e. The van der Waals surface area contributed by atoms with Crippen LogP contribution in [0.2, 0.25) is 0 Å². The summed E-state index contributed by atoms with van der Waals surface area (Å²) in [5.74, 6) is 1.28. The fourth-order valence-corrected chi connectivity index (χ4v) is 5.34. The number of pyridine rings is 2. The molecule has 0 atom stereocenters. The molecule has 10 nitrogen and oxygen atoms in total. The van der Waals surface area contributed by atoms with Gasteiger partial charge in [-0.05, 0) is 85.6 Å². The molecule has 0 aliphatic heterocycles. The van der Waals surface area contributed by atoms with Gasteiger partial charge in [-0.15, -0.1) is 0 Å². The van der Waals surface area contributed by atoms with Gasteiger partial charge in [0.25, 0.3) is 24.0 Å². The number of methoxy groups -OCH3 is 2. The van der Waals surface area contributed by atoms with Gasteiger partial charge in [-0.2, -0.15) is 10.2 Å². The van der Waals surface area contributed by atoms with Crippen molar-refractivity contribution in [3.8, 4) is 45.4 Å². The van der Waals surface area contributed by atoms with Gasteiger partial charge >= 0.3 is 0 Å². The molecule has 0 radical (unpaired) electrons. The SMILES string of the molecule is COc1ccc(-c2c(-n3cc(C)cn3)ccc(=O)n2CC(F)F)cc1.COc1ccc(-c2c(-n3cc(C)cn3)ccc(=O)n2CC(F)F)cc1. The summed E-state index contributed by atoms with van der Waals surface area (Å²) in [4.78, 5) is 24.5. The van der Waals surface area contributed by atoms with Crippen LogP contribution in [0.3, 0.4) is 0 Å². The topological polar surface area (TPSA) is 98.1 Å². The third kappa shape index (κ3) is 8.02. The van der Waals surface area contributed by atoms with Gasteiger partial charge < -0.3 is 18.6 Å². The van der Waals surface area contributed by atoms with Crippen LogP contribution in [0.1, 0.15) is 11.1 Å². The van der Waals surface area contributed by atoms with Crippen LogP contribution in [0.25, 0.3) is 33.9 Å². The highest BCUT2D eigenvalue weighted by Gasteiger charge is 2.19. The molecule has 0 unspecified atom stereocenters. The van der Waals surface area contributed by atoms with E-state index in [1.54, 1.807) is 109 Å². The second-order valence-electron chi connectivity index (χ2n) is 11.2. The van der Waals surface area contributed by atoms with Gasteiger partial charge in [0.05, 0.1) is 62.5 Å². The lowest BCUT2D eigenvalue weighted by molar-refractivity contribution is 0.125. The number of rotatable bonds is 10. The van der Waals surface area contributed by atoms with Crippen molar-refractivity contribution in [1.29, 1.82) is 0 Å². The standard InChI is InChI=1S/2C18H17F2N3O2/c2*1-12-9-21-23(10-12)15-7-8-17(24)22(11-16(19)20)18(15)13-3-5-14(25-2)6-4-13/h2*3-10,16H,11H2,1-2H3. The van der Waals surface area contributed by atoms with Crippen LogP contribution in [0.15, 0.2) is 107 Å². The highest BCUT2D eigenvalue weighted by Crippen LogP contribution is 2.29. The van der Waals surface area contributed by atoms with Gasteiger partial charge in [-0.25, -0.2) is 26.9 Å². The summed E-state index contributed by atoms with van der Waals surface area (Å²) < 4.78 is 67.8. The maximum absolute atomic E-state index is 13.1. The molecule has 2 aromatic carbocycles. The first-order chi connectivity index (χ1) is 24.0. The van der Waals surface area contributed by atoms with Crippen molar-refractivity contribution < 1.29 is 27.0 Å². The molecule has 0 aliphatic carbocycles. The van der Waals surface area contributed by atoms with Gasteiger partial charge in [0, 0.05) is 35.7 Å². The van der Waals surface area contributed by atoms with E-state index >= 15 is 0 Å². The van der Waals surface area contributed by atoms with Crippen molar-refractivity contribution in [2.24, 2.45) is 0 Å². The molecule has 6 rings (SSSR count). The highest BCUT2D eigenvalue weighted by atomic mass is 19.3. The molecule has 14 heteroatoms. The first-order valence-corrected chi connectivity index (χ1v) is 15.3. The van der Waals surface area contributed by atoms with E-state index in [9.17, 15) is 27.2 Å². The number of aryl methyl sites for hydroxylation is 2. The molecule has 0 amide bonds. The van der Waals surface area contributed by atoms with Gasteiger partial charge in [0.15, 0.2) is 0 Å². The zero-order valence-corrected chi connectivity index (χ0v) is 27.6. The van der Waals surface area contributed by atoms with Crippen LogP contribution < -0.4 is 20.6 Å². The summed E-state index contributed by atoms with van der Waals surface area (Å²) in [7, 11) is 3.09. The number of benzene rings is 2. The molecule has 0 saturated heterocycles. The Labute approximate surface area is 284 Å². The molecular formula is C36H34F4N6O4. The molecule has 260 valence electrons. The van der Waals surface area contributed by atoms with Crippen molar-refractivity contribution in [3.05, 3.63) is 129 Å². The second kappa shape index (κ2) is 15.5. The summed E-state index contributed by atoms with van der Waals surface area (Å²) in [6.07, 6.45) is 1.59. The van der Waals surface area contributed by atoms with Crippen LogP contribution in [0.4, 0.5) is 17.6 Å². The number of halogens is 4. The predicted molar refractivity (Wildman–Crippen MR) is 181 cm³/mol. The second-order valence-corrected chi connectivity index (χ2v) is 11.2. The lowest BCUT2D eigenvalue weighted by Gasteiger charge is -2.17. The molecule has 6 aromatic rings. The number of aromatic nitrogens is 6. The highest BCUT2D eigenvalue weighted by molar-refractivity contribution is 5.71. The van der Waals surface area contributed by atoms with Gasteiger partial charge in [-0.3, -0.25) is 9.59 Å². The Morgan fingerprint density at radius 2 is 0.940 bits per heavy atom.